The average Bonchev–Trinajstić information content (AvgIpc) is 3.04. The second-order valence-corrected chi connectivity index (χ2v) is 6.26. The first kappa shape index (κ1) is 13.5. The summed E-state index contributed by atoms with van der Waals surface area (Å²) in [5.74, 6) is 4.81. The van der Waals surface area contributed by atoms with Crippen LogP contribution in [0.1, 0.15) is 25.7 Å². The van der Waals surface area contributed by atoms with Gasteiger partial charge in [0.15, 0.2) is 0 Å². The van der Waals surface area contributed by atoms with Gasteiger partial charge in [0.05, 0.1) is 11.2 Å². The Morgan fingerprint density at radius 3 is 3.00 bits per heavy atom. The molecule has 1 aromatic rings. The van der Waals surface area contributed by atoms with E-state index >= 15 is 0 Å². The fraction of sp³-hybridized carbons (Fsp3) is 0.600. The highest BCUT2D eigenvalue weighted by atomic mass is 35.5. The SMILES string of the molecule is C#CCn1ncc(Cl)c(NCC2CC3CCC2C3)c1=O. The molecule has 1 N–H and O–H groups in total. The maximum Gasteiger partial charge on any atom is 0.292 e. The Hall–Kier alpha value is -1.47. The summed E-state index contributed by atoms with van der Waals surface area (Å²) in [7, 11) is 0. The Balaban J connectivity index is 1.72. The zero-order valence-electron chi connectivity index (χ0n) is 11.3. The minimum Gasteiger partial charge on any atom is -0.379 e. The highest BCUT2D eigenvalue weighted by Crippen LogP contribution is 2.48. The normalized spacial score (nSPS) is 27.5. The van der Waals surface area contributed by atoms with Crippen LogP contribution in [0.3, 0.4) is 0 Å². The van der Waals surface area contributed by atoms with E-state index in [2.05, 4.69) is 16.3 Å². The maximum absolute atomic E-state index is 12.2. The van der Waals surface area contributed by atoms with Crippen molar-refractivity contribution >= 4 is 17.3 Å². The molecule has 3 rings (SSSR count). The van der Waals surface area contributed by atoms with Gasteiger partial charge in [-0.15, -0.1) is 6.42 Å². The van der Waals surface area contributed by atoms with Gasteiger partial charge in [-0.2, -0.15) is 5.10 Å². The molecule has 2 aliphatic rings. The lowest BCUT2D eigenvalue weighted by Gasteiger charge is -2.22. The first-order chi connectivity index (χ1) is 9.69. The molecule has 2 fully saturated rings. The third kappa shape index (κ3) is 2.43. The van der Waals surface area contributed by atoms with Gasteiger partial charge in [-0.25, -0.2) is 4.68 Å². The van der Waals surface area contributed by atoms with Crippen molar-refractivity contribution in [1.82, 2.24) is 9.78 Å². The molecular weight excluding hydrogens is 274 g/mol. The molecule has 106 valence electrons. The van der Waals surface area contributed by atoms with Crippen LogP contribution in [0, 0.1) is 30.1 Å². The predicted octanol–water partition coefficient (Wildman–Crippen LogP) is 2.38. The van der Waals surface area contributed by atoms with E-state index in [4.69, 9.17) is 18.0 Å². The number of fused-ring (bicyclic) bond motifs is 2. The molecule has 1 aromatic heterocycles. The Bertz CT molecular complexity index is 604. The summed E-state index contributed by atoms with van der Waals surface area (Å²) in [6.45, 7) is 0.981. The van der Waals surface area contributed by atoms with Crippen LogP contribution in [-0.2, 0) is 6.54 Å². The molecule has 0 amide bonds. The zero-order valence-corrected chi connectivity index (χ0v) is 12.1. The van der Waals surface area contributed by atoms with Crippen molar-refractivity contribution in [3.8, 4) is 12.3 Å². The number of aromatic nitrogens is 2. The van der Waals surface area contributed by atoms with Crippen LogP contribution in [0.2, 0.25) is 5.02 Å². The van der Waals surface area contributed by atoms with Gasteiger partial charge in [-0.1, -0.05) is 23.9 Å². The molecular formula is C15H18ClN3O. The van der Waals surface area contributed by atoms with Gasteiger partial charge in [0.25, 0.3) is 5.56 Å². The van der Waals surface area contributed by atoms with E-state index in [1.165, 1.54) is 36.6 Å². The zero-order chi connectivity index (χ0) is 14.1. The Morgan fingerprint density at radius 1 is 1.50 bits per heavy atom. The van der Waals surface area contributed by atoms with Gasteiger partial charge in [-0.05, 0) is 37.0 Å². The van der Waals surface area contributed by atoms with Crippen molar-refractivity contribution in [3.05, 3.63) is 21.6 Å². The van der Waals surface area contributed by atoms with E-state index in [0.29, 0.717) is 16.6 Å². The molecule has 1 heterocycles. The highest BCUT2D eigenvalue weighted by molar-refractivity contribution is 6.32. The molecule has 2 bridgehead atoms. The van der Waals surface area contributed by atoms with Crippen molar-refractivity contribution in [3.63, 3.8) is 0 Å². The number of hydrogen-bond donors (Lipinski definition) is 1. The smallest absolute Gasteiger partial charge is 0.292 e. The average molecular weight is 292 g/mol. The van der Waals surface area contributed by atoms with Crippen LogP contribution in [-0.4, -0.2) is 16.3 Å². The van der Waals surface area contributed by atoms with Crippen molar-refractivity contribution in [1.29, 1.82) is 0 Å². The van der Waals surface area contributed by atoms with Crippen LogP contribution in [0.25, 0.3) is 0 Å². The van der Waals surface area contributed by atoms with Gasteiger partial charge in [0.1, 0.15) is 12.2 Å². The summed E-state index contributed by atoms with van der Waals surface area (Å²) in [5.41, 5.74) is 0.193. The molecule has 3 unspecified atom stereocenters. The number of terminal acetylenes is 1. The number of anilines is 1. The van der Waals surface area contributed by atoms with Crippen molar-refractivity contribution in [2.75, 3.05) is 11.9 Å². The Labute approximate surface area is 123 Å². The van der Waals surface area contributed by atoms with Crippen LogP contribution < -0.4 is 10.9 Å². The lowest BCUT2D eigenvalue weighted by atomic mass is 9.89. The van der Waals surface area contributed by atoms with E-state index < -0.39 is 0 Å². The summed E-state index contributed by atoms with van der Waals surface area (Å²) >= 11 is 6.08. The lowest BCUT2D eigenvalue weighted by molar-refractivity contribution is 0.348. The topological polar surface area (TPSA) is 46.9 Å². The molecule has 2 aliphatic carbocycles. The molecule has 2 saturated carbocycles. The second-order valence-electron chi connectivity index (χ2n) is 5.85. The van der Waals surface area contributed by atoms with Crippen molar-refractivity contribution in [2.45, 2.75) is 32.2 Å². The second kappa shape index (κ2) is 5.49. The first-order valence-corrected chi connectivity index (χ1v) is 7.49. The standard InChI is InChI=1S/C15H18ClN3O/c1-2-5-19-15(20)14(13(16)9-18-19)17-8-12-7-10-3-4-11(12)6-10/h1,9-12,17H,3-8H2. The minimum atomic E-state index is -0.237. The van der Waals surface area contributed by atoms with Crippen LogP contribution in [0.5, 0.6) is 0 Å². The summed E-state index contributed by atoms with van der Waals surface area (Å²) < 4.78 is 1.26. The molecule has 0 aromatic carbocycles. The number of rotatable bonds is 4. The number of hydrogen-bond acceptors (Lipinski definition) is 3. The molecule has 0 radical (unpaired) electrons. The third-order valence-corrected chi connectivity index (χ3v) is 4.95. The minimum absolute atomic E-state index is 0.165. The number of nitrogens with one attached hydrogen (secondary N) is 1. The maximum atomic E-state index is 12.2. The van der Waals surface area contributed by atoms with Gasteiger partial charge >= 0.3 is 0 Å². The van der Waals surface area contributed by atoms with Gasteiger partial charge in [0, 0.05) is 6.54 Å². The molecule has 0 saturated heterocycles. The number of nitrogens with zero attached hydrogens (tertiary/aromatic N) is 2. The van der Waals surface area contributed by atoms with Crippen LogP contribution >= 0.6 is 11.6 Å². The van der Waals surface area contributed by atoms with E-state index in [-0.39, 0.29) is 12.1 Å². The van der Waals surface area contributed by atoms with Gasteiger partial charge in [0.2, 0.25) is 0 Å². The number of halogens is 1. The van der Waals surface area contributed by atoms with E-state index in [1.54, 1.807) is 0 Å². The summed E-state index contributed by atoms with van der Waals surface area (Å²) in [6.07, 6.45) is 12.1. The van der Waals surface area contributed by atoms with Gasteiger partial charge < -0.3 is 5.32 Å². The monoisotopic (exact) mass is 291 g/mol. The van der Waals surface area contributed by atoms with E-state index in [0.717, 1.165) is 18.4 Å². The van der Waals surface area contributed by atoms with E-state index in [1.807, 2.05) is 0 Å². The van der Waals surface area contributed by atoms with Crippen LogP contribution in [0.4, 0.5) is 5.69 Å². The largest absolute Gasteiger partial charge is 0.379 e. The molecule has 0 aliphatic heterocycles. The van der Waals surface area contributed by atoms with E-state index in [9.17, 15) is 4.79 Å². The predicted molar refractivity (Wildman–Crippen MR) is 79.8 cm³/mol. The lowest BCUT2D eigenvalue weighted by Crippen LogP contribution is -2.28. The van der Waals surface area contributed by atoms with Crippen LogP contribution in [0.15, 0.2) is 11.0 Å². The quantitative estimate of drug-likeness (QED) is 0.867. The summed E-state index contributed by atoms with van der Waals surface area (Å²) in [6, 6.07) is 0. The molecule has 3 atom stereocenters. The van der Waals surface area contributed by atoms with Crippen molar-refractivity contribution < 1.29 is 0 Å². The highest BCUT2D eigenvalue weighted by Gasteiger charge is 2.39. The van der Waals surface area contributed by atoms with Crippen molar-refractivity contribution in [2.24, 2.45) is 17.8 Å². The Morgan fingerprint density at radius 2 is 2.35 bits per heavy atom. The Kier molecular flexibility index (Phi) is 3.71. The van der Waals surface area contributed by atoms with Gasteiger partial charge in [-0.3, -0.25) is 4.79 Å². The molecule has 5 heteroatoms. The first-order valence-electron chi connectivity index (χ1n) is 7.12. The molecule has 20 heavy (non-hydrogen) atoms. The molecule has 0 spiro atoms. The molecule has 4 nitrogen and oxygen atoms in total. The fourth-order valence-corrected chi connectivity index (χ4v) is 3.88. The summed E-state index contributed by atoms with van der Waals surface area (Å²) in [4.78, 5) is 12.2. The third-order valence-electron chi connectivity index (χ3n) is 4.66. The summed E-state index contributed by atoms with van der Waals surface area (Å²) in [5, 5.41) is 7.54. The fourth-order valence-electron chi connectivity index (χ4n) is 3.69.